The van der Waals surface area contributed by atoms with Crippen LogP contribution in [0.5, 0.6) is 5.75 Å². The fraction of sp³-hybridized carbons (Fsp3) is 0.333. The number of nitriles is 1. The van der Waals surface area contributed by atoms with Crippen molar-refractivity contribution >= 4 is 12.0 Å². The molecule has 0 spiro atoms. The summed E-state index contributed by atoms with van der Waals surface area (Å²) < 4.78 is 41.6. The van der Waals surface area contributed by atoms with Crippen LogP contribution in [0.3, 0.4) is 0 Å². The Morgan fingerprint density at radius 1 is 1.19 bits per heavy atom. The second-order valence-electron chi connectivity index (χ2n) is 9.73. The number of amides is 1. The summed E-state index contributed by atoms with van der Waals surface area (Å²) in [5, 5.41) is 9.66. The number of aromatic nitrogens is 2. The van der Waals surface area contributed by atoms with Crippen molar-refractivity contribution in [3.05, 3.63) is 60.3 Å². The molecule has 0 radical (unpaired) electrons. The van der Waals surface area contributed by atoms with Crippen LogP contribution in [0.2, 0.25) is 0 Å². The fourth-order valence-corrected chi connectivity index (χ4v) is 4.05. The number of nitrogens with two attached hydrogens (primary N) is 1. The molecule has 2 aromatic carbocycles. The number of halogens is 2. The Morgan fingerprint density at radius 3 is 2.62 bits per heavy atom. The third-order valence-electron chi connectivity index (χ3n) is 5.74. The van der Waals surface area contributed by atoms with E-state index in [1.807, 2.05) is 0 Å². The van der Waals surface area contributed by atoms with Crippen molar-refractivity contribution in [1.29, 1.82) is 5.26 Å². The molecule has 8 nitrogen and oxygen atoms in total. The van der Waals surface area contributed by atoms with E-state index >= 15 is 8.78 Å². The number of likely N-dealkylation sites (tertiary alicyclic amines) is 1. The summed E-state index contributed by atoms with van der Waals surface area (Å²) in [6, 6.07) is 15.6. The van der Waals surface area contributed by atoms with Crippen molar-refractivity contribution in [3.8, 4) is 34.2 Å². The van der Waals surface area contributed by atoms with Gasteiger partial charge in [-0.3, -0.25) is 0 Å². The standard InChI is InChI=1S/C27H27F2N5O3/c1-26(2,3)37-25(35)34-13-11-23(27(28,29)16-34)36-22-9-8-17(21-10-12-32-24(31)33-21)14-20(22)19-7-5-4-6-18(19)15-30/h4-10,12,14,23H,11,13,16H2,1-3H3,(H2,31,32,33). The maximum atomic E-state index is 15.2. The van der Waals surface area contributed by atoms with Crippen LogP contribution in [0.4, 0.5) is 19.5 Å². The van der Waals surface area contributed by atoms with E-state index < -0.39 is 30.3 Å². The quantitative estimate of drug-likeness (QED) is 0.510. The lowest BCUT2D eigenvalue weighted by atomic mass is 9.96. The molecule has 0 saturated carbocycles. The third-order valence-corrected chi connectivity index (χ3v) is 5.74. The van der Waals surface area contributed by atoms with Gasteiger partial charge in [-0.2, -0.15) is 5.26 Å². The molecule has 10 heteroatoms. The average molecular weight is 508 g/mol. The maximum Gasteiger partial charge on any atom is 0.410 e. The minimum absolute atomic E-state index is 0.0532. The van der Waals surface area contributed by atoms with Gasteiger partial charge in [0.25, 0.3) is 0 Å². The maximum absolute atomic E-state index is 15.2. The number of nitrogen functional groups attached to an aromatic ring is 1. The number of carbonyl (C=O) groups excluding carboxylic acids is 1. The SMILES string of the molecule is CC(C)(C)OC(=O)N1CCC(Oc2ccc(-c3ccnc(N)n3)cc2-c2ccccc2C#N)C(F)(F)C1. The minimum atomic E-state index is -3.33. The summed E-state index contributed by atoms with van der Waals surface area (Å²) in [7, 11) is 0. The number of rotatable bonds is 4. The predicted molar refractivity (Wildman–Crippen MR) is 134 cm³/mol. The molecule has 1 saturated heterocycles. The molecule has 3 aromatic rings. The van der Waals surface area contributed by atoms with E-state index in [-0.39, 0.29) is 24.7 Å². The first-order valence-electron chi connectivity index (χ1n) is 11.7. The van der Waals surface area contributed by atoms with E-state index in [9.17, 15) is 10.1 Å². The Labute approximate surface area is 213 Å². The highest BCUT2D eigenvalue weighted by molar-refractivity contribution is 5.80. The molecule has 2 N–H and O–H groups in total. The molecule has 1 fully saturated rings. The number of nitrogens with zero attached hydrogens (tertiary/aromatic N) is 4. The van der Waals surface area contributed by atoms with E-state index in [2.05, 4.69) is 16.0 Å². The normalized spacial score (nSPS) is 17.1. The molecule has 1 atom stereocenters. The van der Waals surface area contributed by atoms with E-state index in [1.54, 1.807) is 69.3 Å². The zero-order valence-corrected chi connectivity index (χ0v) is 20.7. The Bertz CT molecular complexity index is 1350. The first-order chi connectivity index (χ1) is 17.5. The van der Waals surface area contributed by atoms with Gasteiger partial charge in [0.1, 0.15) is 11.4 Å². The van der Waals surface area contributed by atoms with Gasteiger partial charge in [-0.15, -0.1) is 0 Å². The third kappa shape index (κ3) is 5.94. The molecule has 1 unspecified atom stereocenters. The molecule has 1 aliphatic heterocycles. The monoisotopic (exact) mass is 507 g/mol. The van der Waals surface area contributed by atoms with Crippen LogP contribution in [0.25, 0.3) is 22.4 Å². The first kappa shape index (κ1) is 25.8. The highest BCUT2D eigenvalue weighted by Crippen LogP contribution is 2.39. The number of carbonyl (C=O) groups is 1. The van der Waals surface area contributed by atoms with E-state index in [1.165, 1.54) is 6.20 Å². The highest BCUT2D eigenvalue weighted by Gasteiger charge is 2.48. The molecule has 37 heavy (non-hydrogen) atoms. The van der Waals surface area contributed by atoms with Crippen LogP contribution in [0.1, 0.15) is 32.8 Å². The summed E-state index contributed by atoms with van der Waals surface area (Å²) in [4.78, 5) is 21.5. The van der Waals surface area contributed by atoms with Crippen LogP contribution >= 0.6 is 0 Å². The molecule has 1 amide bonds. The van der Waals surface area contributed by atoms with E-state index in [0.717, 1.165) is 4.90 Å². The predicted octanol–water partition coefficient (Wildman–Crippen LogP) is 5.29. The number of hydrogen-bond donors (Lipinski definition) is 1. The molecule has 4 rings (SSSR count). The second-order valence-corrected chi connectivity index (χ2v) is 9.73. The Kier molecular flexibility index (Phi) is 6.99. The molecular weight excluding hydrogens is 480 g/mol. The molecule has 0 bridgehead atoms. The summed E-state index contributed by atoms with van der Waals surface area (Å²) in [5.41, 5.74) is 7.46. The number of piperidine rings is 1. The van der Waals surface area contributed by atoms with Crippen LogP contribution in [-0.2, 0) is 4.74 Å². The van der Waals surface area contributed by atoms with Crippen LogP contribution in [-0.4, -0.2) is 51.7 Å². The van der Waals surface area contributed by atoms with Crippen molar-refractivity contribution in [2.45, 2.75) is 44.8 Å². The van der Waals surface area contributed by atoms with Gasteiger partial charge in [0.05, 0.1) is 23.9 Å². The number of anilines is 1. The first-order valence-corrected chi connectivity index (χ1v) is 11.7. The second kappa shape index (κ2) is 10.0. The van der Waals surface area contributed by atoms with Crippen LogP contribution in [0.15, 0.2) is 54.7 Å². The Morgan fingerprint density at radius 2 is 1.95 bits per heavy atom. The lowest BCUT2D eigenvalue weighted by molar-refractivity contribution is -0.137. The van der Waals surface area contributed by atoms with E-state index in [4.69, 9.17) is 15.2 Å². The number of ether oxygens (including phenoxy) is 2. The average Bonchev–Trinajstić information content (AvgIpc) is 2.84. The smallest absolute Gasteiger partial charge is 0.410 e. The molecule has 192 valence electrons. The van der Waals surface area contributed by atoms with Gasteiger partial charge in [-0.25, -0.2) is 23.5 Å². The summed E-state index contributed by atoms with van der Waals surface area (Å²) in [6.45, 7) is 4.27. The highest BCUT2D eigenvalue weighted by atomic mass is 19.3. The molecule has 2 heterocycles. The van der Waals surface area contributed by atoms with Gasteiger partial charge in [0.15, 0.2) is 6.10 Å². The number of hydrogen-bond acceptors (Lipinski definition) is 7. The Hall–Kier alpha value is -4.26. The van der Waals surface area contributed by atoms with Crippen LogP contribution < -0.4 is 10.5 Å². The van der Waals surface area contributed by atoms with Crippen molar-refractivity contribution in [3.63, 3.8) is 0 Å². The largest absolute Gasteiger partial charge is 0.483 e. The van der Waals surface area contributed by atoms with Gasteiger partial charge in [0, 0.05) is 35.9 Å². The lowest BCUT2D eigenvalue weighted by Gasteiger charge is -2.38. The fourth-order valence-electron chi connectivity index (χ4n) is 4.05. The Balaban J connectivity index is 1.67. The van der Waals surface area contributed by atoms with Crippen molar-refractivity contribution in [1.82, 2.24) is 14.9 Å². The summed E-state index contributed by atoms with van der Waals surface area (Å²) in [6.07, 6.45) is -0.859. The van der Waals surface area contributed by atoms with Crippen molar-refractivity contribution in [2.24, 2.45) is 0 Å². The van der Waals surface area contributed by atoms with Gasteiger partial charge >= 0.3 is 12.0 Å². The van der Waals surface area contributed by atoms with Crippen molar-refractivity contribution < 1.29 is 23.0 Å². The van der Waals surface area contributed by atoms with Crippen LogP contribution in [0, 0.1) is 11.3 Å². The minimum Gasteiger partial charge on any atom is -0.483 e. The van der Waals surface area contributed by atoms with Gasteiger partial charge in [-0.1, -0.05) is 18.2 Å². The topological polar surface area (TPSA) is 114 Å². The molecule has 1 aliphatic rings. The molecular formula is C27H27F2N5O3. The molecule has 1 aromatic heterocycles. The van der Waals surface area contributed by atoms with Gasteiger partial charge in [0.2, 0.25) is 5.95 Å². The van der Waals surface area contributed by atoms with Gasteiger partial charge < -0.3 is 20.1 Å². The van der Waals surface area contributed by atoms with Gasteiger partial charge in [-0.05, 0) is 51.1 Å². The lowest BCUT2D eigenvalue weighted by Crippen LogP contribution is -2.56. The zero-order chi connectivity index (χ0) is 26.8. The number of alkyl halides is 2. The summed E-state index contributed by atoms with van der Waals surface area (Å²) >= 11 is 0. The zero-order valence-electron chi connectivity index (χ0n) is 20.7. The number of benzene rings is 2. The summed E-state index contributed by atoms with van der Waals surface area (Å²) in [5.74, 6) is -3.06. The van der Waals surface area contributed by atoms with Crippen molar-refractivity contribution in [2.75, 3.05) is 18.8 Å². The van der Waals surface area contributed by atoms with E-state index in [0.29, 0.717) is 27.9 Å². The molecule has 0 aliphatic carbocycles.